The Hall–Kier alpha value is -0.320. The molecule has 1 fully saturated rings. The first-order valence-corrected chi connectivity index (χ1v) is 7.76. The van der Waals surface area contributed by atoms with E-state index >= 15 is 0 Å². The third-order valence-corrected chi connectivity index (χ3v) is 4.02. The van der Waals surface area contributed by atoms with Crippen LogP contribution in [0.2, 0.25) is 10.0 Å². The summed E-state index contributed by atoms with van der Waals surface area (Å²) in [7, 11) is 0. The Bertz CT molecular complexity index is 438. The maximum atomic E-state index is 9.86. The molecule has 0 heterocycles. The normalized spacial score (nSPS) is 18.0. The first kappa shape index (κ1) is 16.1. The fraction of sp³-hybridized carbons (Fsp3) is 0.600. The largest absolute Gasteiger partial charge is 0.389 e. The van der Waals surface area contributed by atoms with Crippen molar-refractivity contribution in [1.29, 1.82) is 0 Å². The second-order valence-electron chi connectivity index (χ2n) is 5.43. The summed E-state index contributed by atoms with van der Waals surface area (Å²) >= 11 is 12.1. The highest BCUT2D eigenvalue weighted by Crippen LogP contribution is 2.29. The average molecular weight is 318 g/mol. The van der Waals surface area contributed by atoms with Gasteiger partial charge in [0, 0.05) is 29.2 Å². The molecule has 0 aliphatic heterocycles. The molecule has 0 aromatic heterocycles. The van der Waals surface area contributed by atoms with Gasteiger partial charge in [0.15, 0.2) is 0 Å². The number of rotatable bonds is 8. The van der Waals surface area contributed by atoms with E-state index in [0.717, 1.165) is 18.1 Å². The van der Waals surface area contributed by atoms with Gasteiger partial charge in [0.05, 0.1) is 12.7 Å². The lowest BCUT2D eigenvalue weighted by Crippen LogP contribution is -2.32. The number of nitrogens with one attached hydrogen (secondary N) is 1. The molecule has 2 N–H and O–H groups in total. The van der Waals surface area contributed by atoms with Gasteiger partial charge in [-0.05, 0) is 49.4 Å². The highest BCUT2D eigenvalue weighted by molar-refractivity contribution is 6.33. The predicted molar refractivity (Wildman–Crippen MR) is 82.4 cm³/mol. The molecular weight excluding hydrogens is 297 g/mol. The van der Waals surface area contributed by atoms with Gasteiger partial charge in [-0.3, -0.25) is 0 Å². The molecule has 1 aromatic carbocycles. The second-order valence-corrected chi connectivity index (χ2v) is 6.27. The van der Waals surface area contributed by atoms with Crippen LogP contribution in [0.3, 0.4) is 0 Å². The first-order chi connectivity index (χ1) is 9.56. The SMILES string of the molecule is CC(NCC(O)COCC1CC1)c1cc(Cl)ccc1Cl. The third kappa shape index (κ3) is 5.23. The van der Waals surface area contributed by atoms with Crippen LogP contribution < -0.4 is 5.32 Å². The number of aliphatic hydroxyl groups is 1. The maximum absolute atomic E-state index is 9.86. The monoisotopic (exact) mass is 317 g/mol. The topological polar surface area (TPSA) is 41.5 Å². The van der Waals surface area contributed by atoms with E-state index in [9.17, 15) is 5.11 Å². The fourth-order valence-electron chi connectivity index (χ4n) is 1.98. The lowest BCUT2D eigenvalue weighted by atomic mass is 10.1. The highest BCUT2D eigenvalue weighted by Gasteiger charge is 2.21. The van der Waals surface area contributed by atoms with Crippen molar-refractivity contribution in [2.24, 2.45) is 5.92 Å². The molecule has 112 valence electrons. The van der Waals surface area contributed by atoms with Crippen LogP contribution in [0, 0.1) is 5.92 Å². The smallest absolute Gasteiger partial charge is 0.0897 e. The average Bonchev–Trinajstić information content (AvgIpc) is 3.23. The van der Waals surface area contributed by atoms with E-state index in [1.807, 2.05) is 13.0 Å². The fourth-order valence-corrected chi connectivity index (χ4v) is 2.45. The maximum Gasteiger partial charge on any atom is 0.0897 e. The van der Waals surface area contributed by atoms with E-state index in [-0.39, 0.29) is 6.04 Å². The highest BCUT2D eigenvalue weighted by atomic mass is 35.5. The van der Waals surface area contributed by atoms with Crippen LogP contribution in [0.5, 0.6) is 0 Å². The van der Waals surface area contributed by atoms with Crippen molar-refractivity contribution >= 4 is 23.2 Å². The molecule has 20 heavy (non-hydrogen) atoms. The van der Waals surface area contributed by atoms with Gasteiger partial charge in [-0.15, -0.1) is 0 Å². The van der Waals surface area contributed by atoms with Crippen molar-refractivity contribution in [3.8, 4) is 0 Å². The summed E-state index contributed by atoms with van der Waals surface area (Å²) < 4.78 is 5.46. The van der Waals surface area contributed by atoms with Crippen molar-refractivity contribution in [3.63, 3.8) is 0 Å². The third-order valence-electron chi connectivity index (χ3n) is 3.44. The molecule has 0 saturated heterocycles. The van der Waals surface area contributed by atoms with Gasteiger partial charge in [0.2, 0.25) is 0 Å². The van der Waals surface area contributed by atoms with Gasteiger partial charge in [-0.1, -0.05) is 23.2 Å². The molecule has 2 atom stereocenters. The molecule has 0 radical (unpaired) electrons. The Morgan fingerprint density at radius 1 is 1.40 bits per heavy atom. The molecule has 0 bridgehead atoms. The quantitative estimate of drug-likeness (QED) is 0.771. The summed E-state index contributed by atoms with van der Waals surface area (Å²) in [5, 5.41) is 14.4. The number of halogens is 2. The molecular formula is C15H21Cl2NO2. The Morgan fingerprint density at radius 3 is 2.85 bits per heavy atom. The zero-order valence-corrected chi connectivity index (χ0v) is 13.1. The predicted octanol–water partition coefficient (Wildman–Crippen LogP) is 3.43. The van der Waals surface area contributed by atoms with Crippen molar-refractivity contribution < 1.29 is 9.84 Å². The summed E-state index contributed by atoms with van der Waals surface area (Å²) in [6.45, 7) is 3.61. The summed E-state index contributed by atoms with van der Waals surface area (Å²) in [5.41, 5.74) is 0.935. The van der Waals surface area contributed by atoms with Crippen molar-refractivity contribution in [3.05, 3.63) is 33.8 Å². The number of ether oxygens (including phenoxy) is 1. The zero-order valence-electron chi connectivity index (χ0n) is 11.6. The van der Waals surface area contributed by atoms with Gasteiger partial charge in [-0.25, -0.2) is 0 Å². The molecule has 1 aliphatic rings. The zero-order chi connectivity index (χ0) is 14.5. The molecule has 2 rings (SSSR count). The van der Waals surface area contributed by atoms with Crippen LogP contribution >= 0.6 is 23.2 Å². The Kier molecular flexibility index (Phi) is 6.12. The van der Waals surface area contributed by atoms with E-state index < -0.39 is 6.10 Å². The minimum atomic E-state index is -0.505. The van der Waals surface area contributed by atoms with Crippen LogP contribution in [-0.4, -0.2) is 31.0 Å². The molecule has 1 aromatic rings. The molecule has 1 saturated carbocycles. The van der Waals surface area contributed by atoms with Crippen LogP contribution in [-0.2, 0) is 4.74 Å². The van der Waals surface area contributed by atoms with Gasteiger partial charge in [0.1, 0.15) is 0 Å². The van der Waals surface area contributed by atoms with Gasteiger partial charge >= 0.3 is 0 Å². The van der Waals surface area contributed by atoms with Crippen molar-refractivity contribution in [2.75, 3.05) is 19.8 Å². The number of hydrogen-bond acceptors (Lipinski definition) is 3. The van der Waals surface area contributed by atoms with Gasteiger partial charge in [0.25, 0.3) is 0 Å². The van der Waals surface area contributed by atoms with E-state index in [1.54, 1.807) is 12.1 Å². The van der Waals surface area contributed by atoms with Gasteiger partial charge in [-0.2, -0.15) is 0 Å². The molecule has 3 nitrogen and oxygen atoms in total. The number of hydrogen-bond donors (Lipinski definition) is 2. The Labute approximate surface area is 130 Å². The molecule has 5 heteroatoms. The summed E-state index contributed by atoms with van der Waals surface area (Å²) in [4.78, 5) is 0. The first-order valence-electron chi connectivity index (χ1n) is 7.00. The molecule has 2 unspecified atom stereocenters. The minimum absolute atomic E-state index is 0.0271. The van der Waals surface area contributed by atoms with Crippen molar-refractivity contribution in [1.82, 2.24) is 5.32 Å². The number of aliphatic hydroxyl groups excluding tert-OH is 1. The molecule has 0 amide bonds. The lowest BCUT2D eigenvalue weighted by Gasteiger charge is -2.18. The minimum Gasteiger partial charge on any atom is -0.389 e. The van der Waals surface area contributed by atoms with E-state index in [1.165, 1.54) is 12.8 Å². The van der Waals surface area contributed by atoms with Gasteiger partial charge < -0.3 is 15.2 Å². The van der Waals surface area contributed by atoms with E-state index in [2.05, 4.69) is 5.32 Å². The number of benzene rings is 1. The summed E-state index contributed by atoms with van der Waals surface area (Å²) in [5.74, 6) is 0.722. The Morgan fingerprint density at radius 2 is 2.15 bits per heavy atom. The second kappa shape index (κ2) is 7.62. The molecule has 0 spiro atoms. The molecule has 1 aliphatic carbocycles. The standard InChI is InChI=1S/C15H21Cl2NO2/c1-10(14-6-12(16)4-5-15(14)17)18-7-13(19)9-20-8-11-2-3-11/h4-6,10-11,13,18-19H,2-3,7-9H2,1H3. The van der Waals surface area contributed by atoms with E-state index in [0.29, 0.717) is 23.2 Å². The van der Waals surface area contributed by atoms with Crippen LogP contribution in [0.1, 0.15) is 31.4 Å². The summed E-state index contributed by atoms with van der Waals surface area (Å²) in [6.07, 6.45) is 2.02. The lowest BCUT2D eigenvalue weighted by molar-refractivity contribution is 0.0315. The Balaban J connectivity index is 1.72. The summed E-state index contributed by atoms with van der Waals surface area (Å²) in [6, 6.07) is 5.42. The van der Waals surface area contributed by atoms with Crippen LogP contribution in [0.15, 0.2) is 18.2 Å². The van der Waals surface area contributed by atoms with E-state index in [4.69, 9.17) is 27.9 Å². The van der Waals surface area contributed by atoms with Crippen LogP contribution in [0.25, 0.3) is 0 Å². The van der Waals surface area contributed by atoms with Crippen LogP contribution in [0.4, 0.5) is 0 Å². The van der Waals surface area contributed by atoms with Crippen molar-refractivity contribution in [2.45, 2.75) is 31.9 Å².